The van der Waals surface area contributed by atoms with Crippen LogP contribution in [-0.4, -0.2) is 37.1 Å². The summed E-state index contributed by atoms with van der Waals surface area (Å²) in [5.74, 6) is 0.791. The van der Waals surface area contributed by atoms with Crippen molar-refractivity contribution in [1.82, 2.24) is 4.90 Å². The monoisotopic (exact) mass is 310 g/mol. The lowest BCUT2D eigenvalue weighted by Gasteiger charge is -2.35. The number of phenols is 1. The van der Waals surface area contributed by atoms with Crippen LogP contribution in [0.1, 0.15) is 17.2 Å². The zero-order valence-electron chi connectivity index (χ0n) is 12.3. The summed E-state index contributed by atoms with van der Waals surface area (Å²) >= 11 is 0. The van der Waals surface area contributed by atoms with Gasteiger partial charge in [0.1, 0.15) is 11.6 Å². The van der Waals surface area contributed by atoms with E-state index in [9.17, 15) is 9.67 Å². The van der Waals surface area contributed by atoms with E-state index in [2.05, 4.69) is 11.3 Å². The number of benzene rings is 1. The van der Waals surface area contributed by atoms with Crippen LogP contribution in [0.2, 0.25) is 0 Å². The minimum Gasteiger partial charge on any atom is -0.508 e. The quantitative estimate of drug-likeness (QED) is 0.684. The molecule has 1 unspecified atom stereocenters. The highest BCUT2D eigenvalue weighted by Gasteiger charge is 2.30. The van der Waals surface area contributed by atoms with E-state index in [0.717, 1.165) is 11.1 Å². The molecule has 0 saturated carbocycles. The molecular weight excluding hydrogens is 291 g/mol. The Morgan fingerprint density at radius 2 is 2.14 bits per heavy atom. The van der Waals surface area contributed by atoms with Crippen LogP contribution in [0.3, 0.4) is 0 Å². The number of nitrogens with zero attached hydrogens (tertiary/aromatic N) is 2. The Morgan fingerprint density at radius 1 is 1.48 bits per heavy atom. The fraction of sp³-hybridized carbons (Fsp3) is 0.357. The van der Waals surface area contributed by atoms with Gasteiger partial charge in [-0.25, -0.2) is 4.57 Å². The number of hydrogen-bond acceptors (Lipinski definition) is 4. The smallest absolute Gasteiger partial charge is 0.454 e. The molecule has 0 aromatic heterocycles. The largest absolute Gasteiger partial charge is 0.508 e. The molecule has 0 aliphatic carbocycles. The van der Waals surface area contributed by atoms with Crippen LogP contribution in [0.15, 0.2) is 35.6 Å². The summed E-state index contributed by atoms with van der Waals surface area (Å²) in [4.78, 5) is 1.85. The summed E-state index contributed by atoms with van der Waals surface area (Å²) in [6.45, 7) is 3.82. The third-order valence-corrected chi connectivity index (χ3v) is 4.94. The maximum atomic E-state index is 12.2. The van der Waals surface area contributed by atoms with Crippen LogP contribution in [-0.2, 0) is 20.0 Å². The molecule has 21 heavy (non-hydrogen) atoms. The first kappa shape index (κ1) is 15.8. The van der Waals surface area contributed by atoms with E-state index in [1.165, 1.54) is 14.2 Å². The van der Waals surface area contributed by atoms with Crippen LogP contribution < -0.4 is 0 Å². The lowest BCUT2D eigenvalue weighted by Crippen LogP contribution is -2.36. The third-order valence-electron chi connectivity index (χ3n) is 3.54. The molecule has 0 spiro atoms. The van der Waals surface area contributed by atoms with Crippen molar-refractivity contribution < 1.29 is 18.7 Å². The predicted molar refractivity (Wildman–Crippen MR) is 81.6 cm³/mol. The third kappa shape index (κ3) is 3.02. The van der Waals surface area contributed by atoms with Gasteiger partial charge in [-0.05, 0) is 23.3 Å². The van der Waals surface area contributed by atoms with Crippen molar-refractivity contribution in [2.75, 3.05) is 21.3 Å². The highest BCUT2D eigenvalue weighted by molar-refractivity contribution is 7.52. The average molecular weight is 310 g/mol. The van der Waals surface area contributed by atoms with E-state index in [-0.39, 0.29) is 11.8 Å². The van der Waals surface area contributed by atoms with Gasteiger partial charge in [0, 0.05) is 27.7 Å². The Hall–Kier alpha value is -1.62. The summed E-state index contributed by atoms with van der Waals surface area (Å²) in [7, 11) is 0.944. The zero-order valence-corrected chi connectivity index (χ0v) is 13.2. The van der Waals surface area contributed by atoms with Gasteiger partial charge in [-0.3, -0.25) is 9.05 Å². The number of aromatic hydroxyl groups is 1. The van der Waals surface area contributed by atoms with Crippen molar-refractivity contribution in [3.05, 3.63) is 42.0 Å². The molecule has 0 bridgehead atoms. The maximum Gasteiger partial charge on any atom is 0.454 e. The molecule has 6 nitrogen and oxygen atoms in total. The molecule has 1 N–H and O–H groups in total. The van der Waals surface area contributed by atoms with Gasteiger partial charge in [0.2, 0.25) is 0 Å². The summed E-state index contributed by atoms with van der Waals surface area (Å²) < 4.78 is 26.1. The van der Waals surface area contributed by atoms with Crippen molar-refractivity contribution in [1.29, 1.82) is 0 Å². The number of hydrogen-bond donors (Lipinski definition) is 1. The Labute approximate surface area is 124 Å². The van der Waals surface area contributed by atoms with Gasteiger partial charge in [0.25, 0.3) is 0 Å². The molecule has 1 aromatic carbocycles. The average Bonchev–Trinajstić information content (AvgIpc) is 2.48. The first-order chi connectivity index (χ1) is 9.94. The van der Waals surface area contributed by atoms with Gasteiger partial charge in [0.15, 0.2) is 0 Å². The molecule has 0 radical (unpaired) electrons. The molecule has 0 saturated heterocycles. The number of amidine groups is 1. The van der Waals surface area contributed by atoms with E-state index >= 15 is 0 Å². The summed E-state index contributed by atoms with van der Waals surface area (Å²) in [5.41, 5.74) is 1.95. The summed E-state index contributed by atoms with van der Waals surface area (Å²) in [6, 6.07) is 4.99. The van der Waals surface area contributed by atoms with Crippen LogP contribution >= 0.6 is 7.75 Å². The second-order valence-corrected chi connectivity index (χ2v) is 6.57. The van der Waals surface area contributed by atoms with Gasteiger partial charge in [-0.1, -0.05) is 12.1 Å². The Kier molecular flexibility index (Phi) is 4.52. The molecule has 1 heterocycles. The fourth-order valence-electron chi connectivity index (χ4n) is 2.37. The number of fused-ring (bicyclic) bond motifs is 1. The minimum atomic E-state index is -3.48. The van der Waals surface area contributed by atoms with E-state index < -0.39 is 7.75 Å². The van der Waals surface area contributed by atoms with Crippen LogP contribution in [0.4, 0.5) is 0 Å². The number of phenolic OH excluding ortho intramolecular Hbond substituents is 1. The van der Waals surface area contributed by atoms with Crippen molar-refractivity contribution in [2.24, 2.45) is 4.76 Å². The molecule has 114 valence electrons. The maximum absolute atomic E-state index is 12.2. The molecule has 1 aliphatic rings. The molecule has 1 aromatic rings. The lowest BCUT2D eigenvalue weighted by molar-refractivity contribution is 0.276. The van der Waals surface area contributed by atoms with E-state index in [1.807, 2.05) is 18.0 Å². The van der Waals surface area contributed by atoms with E-state index in [4.69, 9.17) is 9.05 Å². The SMILES string of the molecule is C=CC1c2cc(O)ccc2C/C(=N/P(=O)(OC)OC)N1C. The molecule has 7 heteroatoms. The van der Waals surface area contributed by atoms with Crippen molar-refractivity contribution >= 4 is 13.6 Å². The summed E-state index contributed by atoms with van der Waals surface area (Å²) in [6.07, 6.45) is 2.23. The summed E-state index contributed by atoms with van der Waals surface area (Å²) in [5, 5.41) is 9.65. The molecule has 1 atom stereocenters. The normalized spacial score (nSPS) is 20.4. The fourth-order valence-corrected chi connectivity index (χ4v) is 3.18. The van der Waals surface area contributed by atoms with Gasteiger partial charge in [0.05, 0.1) is 6.04 Å². The second kappa shape index (κ2) is 6.02. The Bertz CT molecular complexity index is 621. The van der Waals surface area contributed by atoms with Crippen LogP contribution in [0.5, 0.6) is 5.75 Å². The van der Waals surface area contributed by atoms with E-state index in [0.29, 0.717) is 12.3 Å². The Balaban J connectivity index is 2.50. The first-order valence-corrected chi connectivity index (χ1v) is 7.91. The molecular formula is C14H19N2O4P. The predicted octanol–water partition coefficient (Wildman–Crippen LogP) is 2.91. The van der Waals surface area contributed by atoms with Gasteiger partial charge >= 0.3 is 7.75 Å². The van der Waals surface area contributed by atoms with E-state index in [1.54, 1.807) is 18.2 Å². The highest BCUT2D eigenvalue weighted by atomic mass is 31.2. The molecule has 1 aliphatic heterocycles. The van der Waals surface area contributed by atoms with Crippen LogP contribution in [0.25, 0.3) is 0 Å². The minimum absolute atomic E-state index is 0.165. The van der Waals surface area contributed by atoms with Gasteiger partial charge in [-0.2, -0.15) is 4.76 Å². The topological polar surface area (TPSA) is 71.4 Å². The molecule has 0 amide bonds. The van der Waals surface area contributed by atoms with Crippen molar-refractivity contribution in [2.45, 2.75) is 12.5 Å². The van der Waals surface area contributed by atoms with Crippen molar-refractivity contribution in [3.8, 4) is 5.75 Å². The Morgan fingerprint density at radius 3 is 2.71 bits per heavy atom. The standard InChI is InChI=1S/C14H19N2O4P/c1-5-13-12-9-11(17)7-6-10(12)8-14(16(13)2)15-21(18,19-3)20-4/h5-7,9,13,17H,1,8H2,2-4H3/b15-14-. The second-order valence-electron chi connectivity index (χ2n) is 4.70. The zero-order chi connectivity index (χ0) is 15.6. The highest BCUT2D eigenvalue weighted by Crippen LogP contribution is 2.49. The van der Waals surface area contributed by atoms with Crippen molar-refractivity contribution in [3.63, 3.8) is 0 Å². The number of rotatable bonds is 4. The first-order valence-electron chi connectivity index (χ1n) is 6.42. The van der Waals surface area contributed by atoms with Crippen LogP contribution in [0, 0.1) is 0 Å². The van der Waals surface area contributed by atoms with Gasteiger partial charge in [-0.15, -0.1) is 6.58 Å². The molecule has 0 fully saturated rings. The number of likely N-dealkylation sites (N-methyl/N-ethyl adjacent to an activating group) is 1. The van der Waals surface area contributed by atoms with Gasteiger partial charge < -0.3 is 10.0 Å². The molecule has 2 rings (SSSR count). The lowest BCUT2D eigenvalue weighted by atomic mass is 9.92.